The van der Waals surface area contributed by atoms with Crippen molar-refractivity contribution in [3.8, 4) is 0 Å². The Hall–Kier alpha value is -1.99. The molecule has 0 saturated carbocycles. The number of aromatic nitrogens is 1. The molecule has 7 heteroatoms. The van der Waals surface area contributed by atoms with Crippen molar-refractivity contribution in [3.63, 3.8) is 0 Å². The molecule has 0 bridgehead atoms. The predicted molar refractivity (Wildman–Crippen MR) is 116 cm³/mol. The summed E-state index contributed by atoms with van der Waals surface area (Å²) in [7, 11) is 0. The maximum atomic E-state index is 12.6. The summed E-state index contributed by atoms with van der Waals surface area (Å²) < 4.78 is 1.24. The minimum absolute atomic E-state index is 0.0157. The fourth-order valence-corrected chi connectivity index (χ4v) is 4.57. The highest BCUT2D eigenvalue weighted by Gasteiger charge is 2.26. The van der Waals surface area contributed by atoms with Crippen LogP contribution in [0.4, 0.5) is 5.69 Å². The Morgan fingerprint density at radius 2 is 1.86 bits per heavy atom. The van der Waals surface area contributed by atoms with Crippen LogP contribution >= 0.6 is 22.9 Å². The highest BCUT2D eigenvalue weighted by atomic mass is 35.5. The number of benzene rings is 2. The van der Waals surface area contributed by atoms with Crippen LogP contribution in [0.3, 0.4) is 0 Å². The Morgan fingerprint density at radius 1 is 1.14 bits per heavy atom. The Labute approximate surface area is 173 Å². The van der Waals surface area contributed by atoms with Gasteiger partial charge in [0.15, 0.2) is 0 Å². The molecule has 2 aromatic carbocycles. The topological polar surface area (TPSA) is 48.5 Å². The maximum Gasteiger partial charge on any atom is 0.241 e. The third-order valence-electron chi connectivity index (χ3n) is 5.14. The second-order valence-corrected chi connectivity index (χ2v) is 8.61. The minimum Gasteiger partial charge on any atom is -0.325 e. The number of nitrogens with zero attached hydrogens (tertiary/aromatic N) is 3. The smallest absolute Gasteiger partial charge is 0.241 e. The molecule has 1 saturated heterocycles. The molecule has 4 rings (SSSR count). The molecule has 1 amide bonds. The summed E-state index contributed by atoms with van der Waals surface area (Å²) in [4.78, 5) is 21.9. The number of rotatable bonds is 5. The van der Waals surface area contributed by atoms with Crippen molar-refractivity contribution in [3.05, 3.63) is 58.6 Å². The van der Waals surface area contributed by atoms with E-state index in [0.717, 1.165) is 48.9 Å². The first-order valence-corrected chi connectivity index (χ1v) is 10.7. The molecule has 5 nitrogen and oxygen atoms in total. The van der Waals surface area contributed by atoms with Crippen molar-refractivity contribution in [2.45, 2.75) is 19.5 Å². The average molecular weight is 415 g/mol. The summed E-state index contributed by atoms with van der Waals surface area (Å²) in [6.45, 7) is 6.47. The van der Waals surface area contributed by atoms with Gasteiger partial charge in [-0.05, 0) is 43.3 Å². The molecule has 0 aliphatic carbocycles. The fourth-order valence-electron chi connectivity index (χ4n) is 3.43. The Balaban J connectivity index is 1.29. The van der Waals surface area contributed by atoms with E-state index < -0.39 is 0 Å². The number of halogens is 1. The first-order chi connectivity index (χ1) is 13.6. The van der Waals surface area contributed by atoms with Crippen LogP contribution in [0.2, 0.25) is 5.02 Å². The van der Waals surface area contributed by atoms with E-state index in [4.69, 9.17) is 16.6 Å². The lowest BCUT2D eigenvalue weighted by Gasteiger charge is -2.37. The first kappa shape index (κ1) is 19.3. The first-order valence-electron chi connectivity index (χ1n) is 9.46. The number of anilines is 1. The van der Waals surface area contributed by atoms with Gasteiger partial charge in [0.25, 0.3) is 0 Å². The molecule has 1 aliphatic rings. The molecular formula is C21H23ClN4OS. The van der Waals surface area contributed by atoms with Crippen LogP contribution in [0.5, 0.6) is 0 Å². The fraction of sp³-hybridized carbons (Fsp3) is 0.333. The van der Waals surface area contributed by atoms with Crippen LogP contribution < -0.4 is 5.32 Å². The summed E-state index contributed by atoms with van der Waals surface area (Å²) >= 11 is 7.66. The molecular weight excluding hydrogens is 392 g/mol. The standard InChI is InChI=1S/C21H23ClN4OS/c1-15(21(27)23-17-8-6-16(22)7-9-17)26-12-10-25(11-13-26)14-20-24-18-4-2-3-5-19(18)28-20/h2-9,15H,10-14H2,1H3,(H,23,27)/t15-/m1/s1. The molecule has 1 aliphatic heterocycles. The molecule has 1 aromatic heterocycles. The van der Waals surface area contributed by atoms with E-state index in [1.807, 2.05) is 25.1 Å². The van der Waals surface area contributed by atoms with Gasteiger partial charge in [-0.1, -0.05) is 23.7 Å². The van der Waals surface area contributed by atoms with E-state index in [1.165, 1.54) is 4.70 Å². The SMILES string of the molecule is C[C@H](C(=O)Nc1ccc(Cl)cc1)N1CCN(Cc2nc3ccccc3s2)CC1. The van der Waals surface area contributed by atoms with Gasteiger partial charge in [0.1, 0.15) is 5.01 Å². The van der Waals surface area contributed by atoms with Gasteiger partial charge < -0.3 is 5.32 Å². The molecule has 0 unspecified atom stereocenters. The van der Waals surface area contributed by atoms with Crippen LogP contribution in [0.1, 0.15) is 11.9 Å². The molecule has 0 radical (unpaired) electrons. The van der Waals surface area contributed by atoms with Gasteiger partial charge in [0.05, 0.1) is 22.8 Å². The number of fused-ring (bicyclic) bond motifs is 1. The number of piperazine rings is 1. The largest absolute Gasteiger partial charge is 0.325 e. The van der Waals surface area contributed by atoms with E-state index in [2.05, 4.69) is 33.3 Å². The molecule has 28 heavy (non-hydrogen) atoms. The summed E-state index contributed by atoms with van der Waals surface area (Å²) in [5.74, 6) is 0.0157. The van der Waals surface area contributed by atoms with Crippen LogP contribution in [0, 0.1) is 0 Å². The summed E-state index contributed by atoms with van der Waals surface area (Å²) in [6, 6.07) is 15.3. The lowest BCUT2D eigenvalue weighted by atomic mass is 10.2. The molecule has 1 atom stereocenters. The van der Waals surface area contributed by atoms with Crippen molar-refractivity contribution in [1.82, 2.24) is 14.8 Å². The number of thiazole rings is 1. The van der Waals surface area contributed by atoms with Gasteiger partial charge >= 0.3 is 0 Å². The quantitative estimate of drug-likeness (QED) is 0.683. The second-order valence-electron chi connectivity index (χ2n) is 7.06. The van der Waals surface area contributed by atoms with E-state index in [9.17, 15) is 4.79 Å². The van der Waals surface area contributed by atoms with Crippen LogP contribution in [0.15, 0.2) is 48.5 Å². The van der Waals surface area contributed by atoms with Crippen molar-refractivity contribution in [1.29, 1.82) is 0 Å². The lowest BCUT2D eigenvalue weighted by Crippen LogP contribution is -2.52. The third-order valence-corrected chi connectivity index (χ3v) is 6.42. The van der Waals surface area contributed by atoms with Crippen molar-refractivity contribution >= 4 is 44.7 Å². The zero-order chi connectivity index (χ0) is 19.5. The van der Waals surface area contributed by atoms with Gasteiger partial charge in [0, 0.05) is 36.9 Å². The highest BCUT2D eigenvalue weighted by molar-refractivity contribution is 7.18. The van der Waals surface area contributed by atoms with Gasteiger partial charge in [0.2, 0.25) is 5.91 Å². The van der Waals surface area contributed by atoms with E-state index in [0.29, 0.717) is 5.02 Å². The Kier molecular flexibility index (Phi) is 5.92. The molecule has 0 spiro atoms. The van der Waals surface area contributed by atoms with Gasteiger partial charge in [-0.15, -0.1) is 11.3 Å². The molecule has 146 valence electrons. The van der Waals surface area contributed by atoms with Gasteiger partial charge in [-0.3, -0.25) is 14.6 Å². The van der Waals surface area contributed by atoms with Gasteiger partial charge in [-0.25, -0.2) is 4.98 Å². The van der Waals surface area contributed by atoms with E-state index in [1.54, 1.807) is 23.5 Å². The van der Waals surface area contributed by atoms with Crippen molar-refractivity contribution in [2.75, 3.05) is 31.5 Å². The number of hydrogen-bond donors (Lipinski definition) is 1. The summed E-state index contributed by atoms with van der Waals surface area (Å²) in [5.41, 5.74) is 1.85. The monoisotopic (exact) mass is 414 g/mol. The predicted octanol–water partition coefficient (Wildman–Crippen LogP) is 4.09. The highest BCUT2D eigenvalue weighted by Crippen LogP contribution is 2.23. The van der Waals surface area contributed by atoms with Crippen molar-refractivity contribution in [2.24, 2.45) is 0 Å². The normalized spacial score (nSPS) is 16.9. The van der Waals surface area contributed by atoms with Crippen molar-refractivity contribution < 1.29 is 4.79 Å². The number of para-hydroxylation sites is 1. The Morgan fingerprint density at radius 3 is 2.57 bits per heavy atom. The number of hydrogen-bond acceptors (Lipinski definition) is 5. The molecule has 3 aromatic rings. The second kappa shape index (κ2) is 8.57. The number of carbonyl (C=O) groups excluding carboxylic acids is 1. The lowest BCUT2D eigenvalue weighted by molar-refractivity contribution is -0.121. The Bertz CT molecular complexity index is 917. The molecule has 2 heterocycles. The average Bonchev–Trinajstić information content (AvgIpc) is 3.12. The summed E-state index contributed by atoms with van der Waals surface area (Å²) in [6.07, 6.45) is 0. The van der Waals surface area contributed by atoms with E-state index in [-0.39, 0.29) is 11.9 Å². The zero-order valence-corrected chi connectivity index (χ0v) is 17.3. The number of nitrogens with one attached hydrogen (secondary N) is 1. The minimum atomic E-state index is -0.166. The van der Waals surface area contributed by atoms with Gasteiger partial charge in [-0.2, -0.15) is 0 Å². The van der Waals surface area contributed by atoms with Crippen LogP contribution in [-0.2, 0) is 11.3 Å². The van der Waals surface area contributed by atoms with E-state index >= 15 is 0 Å². The van der Waals surface area contributed by atoms with Crippen LogP contribution in [-0.4, -0.2) is 52.9 Å². The third kappa shape index (κ3) is 4.52. The zero-order valence-electron chi connectivity index (χ0n) is 15.8. The number of carbonyl (C=O) groups is 1. The molecule has 1 fully saturated rings. The maximum absolute atomic E-state index is 12.6. The molecule has 1 N–H and O–H groups in total. The van der Waals surface area contributed by atoms with Crippen LogP contribution in [0.25, 0.3) is 10.2 Å². The number of amides is 1. The summed E-state index contributed by atoms with van der Waals surface area (Å²) in [5, 5.41) is 4.79.